The lowest BCUT2D eigenvalue weighted by molar-refractivity contribution is -0.125. The van der Waals surface area contributed by atoms with Gasteiger partial charge >= 0.3 is 0 Å². The van der Waals surface area contributed by atoms with Crippen molar-refractivity contribution < 1.29 is 22.4 Å². The number of anilines is 1. The van der Waals surface area contributed by atoms with Crippen LogP contribution in [0.15, 0.2) is 47.4 Å². The van der Waals surface area contributed by atoms with Gasteiger partial charge in [0.25, 0.3) is 15.9 Å². The van der Waals surface area contributed by atoms with Crippen LogP contribution >= 0.6 is 11.6 Å². The quantitative estimate of drug-likeness (QED) is 0.500. The zero-order valence-corrected chi connectivity index (χ0v) is 18.9. The Morgan fingerprint density at radius 1 is 0.969 bits per heavy atom. The fraction of sp³-hybridized carbons (Fsp3) is 0.364. The van der Waals surface area contributed by atoms with E-state index in [2.05, 4.69) is 15.4 Å². The predicted molar refractivity (Wildman–Crippen MR) is 121 cm³/mol. The van der Waals surface area contributed by atoms with E-state index in [-0.39, 0.29) is 46.1 Å². The third-order valence-corrected chi connectivity index (χ3v) is 7.13. The molecule has 2 aromatic rings. The van der Waals surface area contributed by atoms with E-state index in [1.807, 2.05) is 0 Å². The van der Waals surface area contributed by atoms with Gasteiger partial charge in [0.2, 0.25) is 5.91 Å². The first-order valence-corrected chi connectivity index (χ1v) is 12.3. The summed E-state index contributed by atoms with van der Waals surface area (Å²) in [5.74, 6) is -0.950. The number of carbonyl (C=O) groups is 2. The Morgan fingerprint density at radius 3 is 2.31 bits per heavy atom. The Hall–Kier alpha value is -2.65. The van der Waals surface area contributed by atoms with Crippen molar-refractivity contribution in [3.63, 3.8) is 0 Å². The van der Waals surface area contributed by atoms with Crippen molar-refractivity contribution in [2.75, 3.05) is 17.8 Å². The molecular formula is C22H25ClFN3O4S. The lowest BCUT2D eigenvalue weighted by Crippen LogP contribution is -2.38. The number of nitrogens with one attached hydrogen (secondary N) is 3. The van der Waals surface area contributed by atoms with E-state index in [9.17, 15) is 22.4 Å². The van der Waals surface area contributed by atoms with Gasteiger partial charge in [-0.25, -0.2) is 12.8 Å². The van der Waals surface area contributed by atoms with Crippen molar-refractivity contribution in [2.45, 2.75) is 37.0 Å². The monoisotopic (exact) mass is 481 g/mol. The molecule has 10 heteroatoms. The highest BCUT2D eigenvalue weighted by molar-refractivity contribution is 7.92. The summed E-state index contributed by atoms with van der Waals surface area (Å²) in [7, 11) is -4.10. The molecular weight excluding hydrogens is 457 g/mol. The topological polar surface area (TPSA) is 104 Å². The van der Waals surface area contributed by atoms with Gasteiger partial charge in [-0.3, -0.25) is 14.3 Å². The number of amides is 2. The average molecular weight is 482 g/mol. The van der Waals surface area contributed by atoms with Crippen LogP contribution in [0.25, 0.3) is 0 Å². The second kappa shape index (κ2) is 10.8. The Balaban J connectivity index is 1.58. The van der Waals surface area contributed by atoms with E-state index in [0.717, 1.165) is 44.2 Å². The zero-order chi connectivity index (χ0) is 23.1. The van der Waals surface area contributed by atoms with Gasteiger partial charge in [0.1, 0.15) is 10.7 Å². The molecule has 1 fully saturated rings. The van der Waals surface area contributed by atoms with Crippen LogP contribution in [-0.2, 0) is 14.8 Å². The summed E-state index contributed by atoms with van der Waals surface area (Å²) in [5, 5.41) is 5.43. The van der Waals surface area contributed by atoms with E-state index >= 15 is 0 Å². The molecule has 1 saturated carbocycles. The first-order chi connectivity index (χ1) is 15.3. The molecule has 0 aromatic heterocycles. The van der Waals surface area contributed by atoms with Crippen LogP contribution < -0.4 is 15.4 Å². The molecule has 0 unspecified atom stereocenters. The molecule has 0 heterocycles. The van der Waals surface area contributed by atoms with Gasteiger partial charge in [0, 0.05) is 30.3 Å². The van der Waals surface area contributed by atoms with Crippen LogP contribution in [0.4, 0.5) is 10.1 Å². The first-order valence-electron chi connectivity index (χ1n) is 10.4. The van der Waals surface area contributed by atoms with Crippen molar-refractivity contribution in [1.82, 2.24) is 10.6 Å². The lowest BCUT2D eigenvalue weighted by Gasteiger charge is -2.20. The highest BCUT2D eigenvalue weighted by Crippen LogP contribution is 2.25. The van der Waals surface area contributed by atoms with Crippen LogP contribution in [0, 0.1) is 11.7 Å². The fourth-order valence-electron chi connectivity index (χ4n) is 3.55. The molecule has 3 rings (SSSR count). The standard InChI is InChI=1S/C22H25ClFN3O4S/c23-19-11-6-16(14-20(19)32(30,31)27-18-9-7-17(24)8-10-18)22(29)26-13-12-25-21(28)15-4-2-1-3-5-15/h6-11,14-15,27H,1-5,12-13H2,(H,25,28)(H,26,29). The number of carbonyl (C=O) groups excluding carboxylic acids is 2. The second-order valence-corrected chi connectivity index (χ2v) is 9.70. The third kappa shape index (κ3) is 6.43. The molecule has 172 valence electrons. The molecule has 32 heavy (non-hydrogen) atoms. The average Bonchev–Trinajstić information content (AvgIpc) is 2.78. The summed E-state index contributed by atoms with van der Waals surface area (Å²) in [6, 6.07) is 8.70. The molecule has 2 aromatic carbocycles. The molecule has 0 aliphatic heterocycles. The van der Waals surface area contributed by atoms with Crippen LogP contribution in [0.5, 0.6) is 0 Å². The van der Waals surface area contributed by atoms with Crippen LogP contribution in [-0.4, -0.2) is 33.3 Å². The molecule has 1 aliphatic rings. The van der Waals surface area contributed by atoms with E-state index in [1.54, 1.807) is 0 Å². The van der Waals surface area contributed by atoms with Gasteiger partial charge < -0.3 is 10.6 Å². The molecule has 1 aliphatic carbocycles. The number of hydrogen-bond donors (Lipinski definition) is 3. The summed E-state index contributed by atoms with van der Waals surface area (Å²) < 4.78 is 40.8. The zero-order valence-electron chi connectivity index (χ0n) is 17.4. The van der Waals surface area contributed by atoms with Crippen LogP contribution in [0.2, 0.25) is 5.02 Å². The predicted octanol–water partition coefficient (Wildman–Crippen LogP) is 3.71. The minimum Gasteiger partial charge on any atom is -0.354 e. The molecule has 0 atom stereocenters. The Labute approximate surface area is 191 Å². The largest absolute Gasteiger partial charge is 0.354 e. The maximum absolute atomic E-state index is 13.0. The van der Waals surface area contributed by atoms with Gasteiger partial charge in [0.05, 0.1) is 5.02 Å². The van der Waals surface area contributed by atoms with Gasteiger partial charge in [0.15, 0.2) is 0 Å². The minimum absolute atomic E-state index is 0.00527. The molecule has 0 spiro atoms. The first kappa shape index (κ1) is 24.0. The highest BCUT2D eigenvalue weighted by atomic mass is 35.5. The lowest BCUT2D eigenvalue weighted by atomic mass is 9.89. The van der Waals surface area contributed by atoms with Gasteiger partial charge in [-0.2, -0.15) is 0 Å². The van der Waals surface area contributed by atoms with Crippen molar-refractivity contribution in [2.24, 2.45) is 5.92 Å². The number of sulfonamides is 1. The molecule has 0 bridgehead atoms. The SMILES string of the molecule is O=C(NCCNC(=O)C1CCCCC1)c1ccc(Cl)c(S(=O)(=O)Nc2ccc(F)cc2)c1. The van der Waals surface area contributed by atoms with E-state index in [1.165, 1.54) is 30.3 Å². The molecule has 3 N–H and O–H groups in total. The summed E-state index contributed by atoms with van der Waals surface area (Å²) >= 11 is 6.05. The van der Waals surface area contributed by atoms with Crippen LogP contribution in [0.1, 0.15) is 42.5 Å². The van der Waals surface area contributed by atoms with Gasteiger partial charge in [-0.05, 0) is 55.3 Å². The smallest absolute Gasteiger partial charge is 0.263 e. The highest BCUT2D eigenvalue weighted by Gasteiger charge is 2.22. The fourth-order valence-corrected chi connectivity index (χ4v) is 5.14. The van der Waals surface area contributed by atoms with Crippen molar-refractivity contribution in [3.05, 3.63) is 58.9 Å². The molecule has 2 amide bonds. The number of benzene rings is 2. The normalized spacial score (nSPS) is 14.6. The summed E-state index contributed by atoms with van der Waals surface area (Å²) in [6.07, 6.45) is 5.08. The number of rotatable bonds is 8. The summed E-state index contributed by atoms with van der Waals surface area (Å²) in [6.45, 7) is 0.488. The van der Waals surface area contributed by atoms with E-state index in [0.29, 0.717) is 0 Å². The van der Waals surface area contributed by atoms with E-state index < -0.39 is 21.7 Å². The molecule has 0 saturated heterocycles. The van der Waals surface area contributed by atoms with Gasteiger partial charge in [-0.15, -0.1) is 0 Å². The number of halogens is 2. The maximum Gasteiger partial charge on any atom is 0.263 e. The third-order valence-electron chi connectivity index (χ3n) is 5.27. The minimum atomic E-state index is -4.10. The Morgan fingerprint density at radius 2 is 1.62 bits per heavy atom. The summed E-state index contributed by atoms with van der Waals surface area (Å²) in [5.41, 5.74) is 0.263. The molecule has 7 nitrogen and oxygen atoms in total. The Kier molecular flexibility index (Phi) is 8.09. The Bertz CT molecular complexity index is 1070. The molecule has 0 radical (unpaired) electrons. The summed E-state index contributed by atoms with van der Waals surface area (Å²) in [4.78, 5) is 24.3. The van der Waals surface area contributed by atoms with Crippen molar-refractivity contribution in [3.8, 4) is 0 Å². The van der Waals surface area contributed by atoms with E-state index in [4.69, 9.17) is 11.6 Å². The number of hydrogen-bond acceptors (Lipinski definition) is 4. The van der Waals surface area contributed by atoms with Crippen molar-refractivity contribution >= 4 is 39.1 Å². The maximum atomic E-state index is 13.0. The second-order valence-electron chi connectivity index (χ2n) is 7.64. The van der Waals surface area contributed by atoms with Crippen LogP contribution in [0.3, 0.4) is 0 Å². The van der Waals surface area contributed by atoms with Crippen molar-refractivity contribution in [1.29, 1.82) is 0 Å². The van der Waals surface area contributed by atoms with Gasteiger partial charge in [-0.1, -0.05) is 30.9 Å².